The zero-order valence-corrected chi connectivity index (χ0v) is 14.7. The van der Waals surface area contributed by atoms with Gasteiger partial charge in [-0.15, -0.1) is 0 Å². The lowest BCUT2D eigenvalue weighted by molar-refractivity contribution is -0.120. The minimum absolute atomic E-state index is 0.0192. The van der Waals surface area contributed by atoms with Crippen molar-refractivity contribution >= 4 is 5.78 Å². The molecule has 0 spiro atoms. The highest BCUT2D eigenvalue weighted by molar-refractivity contribution is 6.02. The van der Waals surface area contributed by atoms with Gasteiger partial charge in [-0.2, -0.15) is 10.5 Å². The fourth-order valence-corrected chi connectivity index (χ4v) is 5.89. The topological polar surface area (TPSA) is 84.9 Å². The molecule has 0 amide bonds. The molecule has 1 N–H and O–H groups in total. The van der Waals surface area contributed by atoms with Gasteiger partial charge >= 0.3 is 0 Å². The number of nitrogens with zero attached hydrogens (tertiary/aromatic N) is 2. The molecule has 0 saturated heterocycles. The third-order valence-corrected chi connectivity index (χ3v) is 6.81. The Morgan fingerprint density at radius 2 is 1.85 bits per heavy atom. The van der Waals surface area contributed by atoms with Gasteiger partial charge in [-0.1, -0.05) is 30.7 Å². The Bertz CT molecular complexity index is 842. The highest BCUT2D eigenvalue weighted by Gasteiger charge is 2.55. The first-order chi connectivity index (χ1) is 12.7. The normalized spacial score (nSPS) is 32.5. The summed E-state index contributed by atoms with van der Waals surface area (Å²) in [5, 5.41) is 28.1. The van der Waals surface area contributed by atoms with Crippen LogP contribution in [0.4, 0.5) is 0 Å². The maximum atomic E-state index is 13.0. The third-order valence-electron chi connectivity index (χ3n) is 6.81. The van der Waals surface area contributed by atoms with E-state index >= 15 is 0 Å². The monoisotopic (exact) mass is 346 g/mol. The van der Waals surface area contributed by atoms with Gasteiger partial charge in [-0.3, -0.25) is 4.79 Å². The van der Waals surface area contributed by atoms with Gasteiger partial charge in [-0.05, 0) is 60.5 Å². The van der Waals surface area contributed by atoms with E-state index in [1.165, 1.54) is 5.56 Å². The zero-order valence-electron chi connectivity index (χ0n) is 14.7. The fraction of sp³-hybridized carbons (Fsp3) is 0.500. The molecule has 4 nitrogen and oxygen atoms in total. The van der Waals surface area contributed by atoms with Crippen molar-refractivity contribution in [1.82, 2.24) is 0 Å². The van der Waals surface area contributed by atoms with Gasteiger partial charge in [0.15, 0.2) is 5.78 Å². The standard InChI is InChI=1S/C22H22N2O2/c23-10-15(11-24)20-18-6-2-5-17-16(7-8-19(21(17)18)22(20)26)14-4-1-3-13(9-14)12-25/h1,3-4,9,16-19,21,25H,2,5-8,12H2. The van der Waals surface area contributed by atoms with Crippen molar-refractivity contribution < 1.29 is 9.90 Å². The number of ketones is 1. The van der Waals surface area contributed by atoms with Crippen LogP contribution >= 0.6 is 0 Å². The lowest BCUT2D eigenvalue weighted by atomic mass is 9.59. The molecule has 5 unspecified atom stereocenters. The Kier molecular flexibility index (Phi) is 4.39. The SMILES string of the molecule is N#CC(C#N)=C1C(=O)C2CCC(c3cccc(CO)c3)C3CCCC1C23. The van der Waals surface area contributed by atoms with Crippen LogP contribution in [0.2, 0.25) is 0 Å². The molecule has 26 heavy (non-hydrogen) atoms. The van der Waals surface area contributed by atoms with Crippen molar-refractivity contribution in [2.75, 3.05) is 0 Å². The van der Waals surface area contributed by atoms with E-state index in [0.717, 1.165) is 37.7 Å². The number of hydrogen-bond donors (Lipinski definition) is 1. The lowest BCUT2D eigenvalue weighted by Crippen LogP contribution is -2.37. The molecule has 3 aliphatic carbocycles. The lowest BCUT2D eigenvalue weighted by Gasteiger charge is -2.45. The molecule has 4 heteroatoms. The average molecular weight is 346 g/mol. The van der Waals surface area contributed by atoms with Gasteiger partial charge in [0.25, 0.3) is 0 Å². The molecule has 1 aromatic rings. The number of hydrogen-bond acceptors (Lipinski definition) is 4. The van der Waals surface area contributed by atoms with E-state index in [1.54, 1.807) is 0 Å². The zero-order chi connectivity index (χ0) is 18.3. The van der Waals surface area contributed by atoms with Crippen LogP contribution in [0.3, 0.4) is 0 Å². The Balaban J connectivity index is 1.74. The maximum Gasteiger partial charge on any atom is 0.164 e. The second kappa shape index (κ2) is 6.71. The number of allylic oxidation sites excluding steroid dienone is 2. The van der Waals surface area contributed by atoms with E-state index in [9.17, 15) is 20.4 Å². The Morgan fingerprint density at radius 1 is 1.08 bits per heavy atom. The molecule has 3 aliphatic rings. The number of nitriles is 2. The smallest absolute Gasteiger partial charge is 0.164 e. The molecule has 0 radical (unpaired) electrons. The minimum Gasteiger partial charge on any atom is -0.392 e. The Hall–Kier alpha value is -2.43. The molecule has 0 aromatic heterocycles. The van der Waals surface area contributed by atoms with Crippen LogP contribution in [0.25, 0.3) is 0 Å². The highest BCUT2D eigenvalue weighted by atomic mass is 16.3. The van der Waals surface area contributed by atoms with E-state index in [4.69, 9.17) is 0 Å². The molecule has 5 atom stereocenters. The number of Topliss-reactive ketones (excluding diaryl/α,β-unsaturated/α-hetero) is 1. The molecule has 3 saturated carbocycles. The molecule has 132 valence electrons. The summed E-state index contributed by atoms with van der Waals surface area (Å²) in [6.07, 6.45) is 4.84. The van der Waals surface area contributed by atoms with Gasteiger partial charge in [-0.25, -0.2) is 0 Å². The Labute approximate surface area is 153 Å². The molecular weight excluding hydrogens is 324 g/mol. The predicted octanol–water partition coefficient (Wildman–Crippen LogP) is 3.63. The van der Waals surface area contributed by atoms with Crippen LogP contribution in [0.5, 0.6) is 0 Å². The second-order valence-corrected chi connectivity index (χ2v) is 7.85. The third kappa shape index (κ3) is 2.49. The number of rotatable bonds is 2. The van der Waals surface area contributed by atoms with Crippen LogP contribution in [-0.2, 0) is 11.4 Å². The molecule has 3 fully saturated rings. The highest BCUT2D eigenvalue weighted by Crippen LogP contribution is 2.59. The molecule has 1 aromatic carbocycles. The number of carbonyl (C=O) groups is 1. The van der Waals surface area contributed by atoms with Crippen molar-refractivity contribution in [3.05, 3.63) is 46.5 Å². The van der Waals surface area contributed by atoms with Crippen LogP contribution in [0.1, 0.15) is 49.1 Å². The second-order valence-electron chi connectivity index (χ2n) is 7.85. The summed E-state index contributed by atoms with van der Waals surface area (Å²) in [5.41, 5.74) is 2.75. The molecule has 4 rings (SSSR count). The van der Waals surface area contributed by atoms with Gasteiger partial charge < -0.3 is 5.11 Å². The van der Waals surface area contributed by atoms with Crippen molar-refractivity contribution in [3.63, 3.8) is 0 Å². The largest absolute Gasteiger partial charge is 0.392 e. The van der Waals surface area contributed by atoms with Gasteiger partial charge in [0.1, 0.15) is 17.7 Å². The number of benzene rings is 1. The maximum absolute atomic E-state index is 13.0. The van der Waals surface area contributed by atoms with Crippen molar-refractivity contribution in [2.45, 2.75) is 44.6 Å². The average Bonchev–Trinajstić information content (AvgIpc) is 2.97. The summed E-state index contributed by atoms with van der Waals surface area (Å²) in [6.45, 7) is 0.0407. The minimum atomic E-state index is -0.0192. The van der Waals surface area contributed by atoms with Crippen LogP contribution in [0, 0.1) is 46.3 Å². The Morgan fingerprint density at radius 3 is 2.58 bits per heavy atom. The van der Waals surface area contributed by atoms with Gasteiger partial charge in [0, 0.05) is 11.5 Å². The van der Waals surface area contributed by atoms with Crippen molar-refractivity contribution in [3.8, 4) is 12.1 Å². The molecular formula is C22H22N2O2. The first kappa shape index (κ1) is 17.0. The van der Waals surface area contributed by atoms with Crippen LogP contribution in [-0.4, -0.2) is 10.9 Å². The molecule has 0 bridgehead atoms. The summed E-state index contributed by atoms with van der Waals surface area (Å²) in [4.78, 5) is 13.0. The number of carbonyl (C=O) groups excluding carboxylic acids is 1. The van der Waals surface area contributed by atoms with E-state index in [0.29, 0.717) is 17.4 Å². The van der Waals surface area contributed by atoms with Crippen LogP contribution in [0.15, 0.2) is 35.4 Å². The van der Waals surface area contributed by atoms with E-state index in [2.05, 4.69) is 12.1 Å². The van der Waals surface area contributed by atoms with Crippen molar-refractivity contribution in [2.24, 2.45) is 23.7 Å². The van der Waals surface area contributed by atoms with Gasteiger partial charge in [0.05, 0.1) is 6.61 Å². The summed E-state index contributed by atoms with van der Waals surface area (Å²) < 4.78 is 0. The van der Waals surface area contributed by atoms with E-state index in [-0.39, 0.29) is 35.7 Å². The quantitative estimate of drug-likeness (QED) is 0.654. The summed E-state index contributed by atoms with van der Waals surface area (Å²) in [5.74, 6) is 1.19. The fourth-order valence-electron chi connectivity index (χ4n) is 5.89. The van der Waals surface area contributed by atoms with Crippen molar-refractivity contribution in [1.29, 1.82) is 10.5 Å². The summed E-state index contributed by atoms with van der Waals surface area (Å²) in [6, 6.07) is 12.1. The van der Waals surface area contributed by atoms with Crippen LogP contribution < -0.4 is 0 Å². The predicted molar refractivity (Wildman–Crippen MR) is 95.4 cm³/mol. The summed E-state index contributed by atoms with van der Waals surface area (Å²) in [7, 11) is 0. The number of aliphatic hydroxyl groups excluding tert-OH is 1. The molecule has 0 aliphatic heterocycles. The molecule has 0 heterocycles. The summed E-state index contributed by atoms with van der Waals surface area (Å²) >= 11 is 0. The first-order valence-electron chi connectivity index (χ1n) is 9.47. The van der Waals surface area contributed by atoms with E-state index < -0.39 is 0 Å². The van der Waals surface area contributed by atoms with E-state index in [1.807, 2.05) is 24.3 Å². The first-order valence-corrected chi connectivity index (χ1v) is 9.47. The van der Waals surface area contributed by atoms with Gasteiger partial charge in [0.2, 0.25) is 0 Å². The number of aliphatic hydroxyl groups is 1.